The van der Waals surface area contributed by atoms with Gasteiger partial charge in [0.1, 0.15) is 5.82 Å². The minimum atomic E-state index is 0.307. The first kappa shape index (κ1) is 22.7. The lowest BCUT2D eigenvalue weighted by molar-refractivity contribution is 0.188. The molecule has 0 saturated carbocycles. The van der Waals surface area contributed by atoms with Gasteiger partial charge in [0.2, 0.25) is 0 Å². The van der Waals surface area contributed by atoms with Crippen molar-refractivity contribution in [1.82, 2.24) is 14.9 Å². The third-order valence-electron chi connectivity index (χ3n) is 7.29. The van der Waals surface area contributed by atoms with Gasteiger partial charge in [0.05, 0.1) is 23.6 Å². The predicted molar refractivity (Wildman–Crippen MR) is 148 cm³/mol. The van der Waals surface area contributed by atoms with Crippen LogP contribution in [0.2, 0.25) is 0 Å². The zero-order valence-corrected chi connectivity index (χ0v) is 20.3. The van der Waals surface area contributed by atoms with Gasteiger partial charge in [-0.2, -0.15) is 0 Å². The van der Waals surface area contributed by atoms with Gasteiger partial charge < -0.3 is 10.7 Å². The Morgan fingerprint density at radius 2 is 1.75 bits per heavy atom. The van der Waals surface area contributed by atoms with Gasteiger partial charge in [-0.05, 0) is 58.9 Å². The van der Waals surface area contributed by atoms with Crippen LogP contribution in [0.5, 0.6) is 0 Å². The number of imidazole rings is 1. The van der Waals surface area contributed by atoms with Crippen LogP contribution < -0.4 is 5.73 Å². The fourth-order valence-electron chi connectivity index (χ4n) is 5.40. The molecule has 2 aliphatic rings. The van der Waals surface area contributed by atoms with E-state index >= 15 is 0 Å². The van der Waals surface area contributed by atoms with Crippen molar-refractivity contribution in [3.8, 4) is 11.1 Å². The summed E-state index contributed by atoms with van der Waals surface area (Å²) < 4.78 is 0. The molecule has 1 aliphatic heterocycles. The molecule has 3 aromatic carbocycles. The van der Waals surface area contributed by atoms with Crippen molar-refractivity contribution >= 4 is 17.2 Å². The molecular formula is C31H31N5. The summed E-state index contributed by atoms with van der Waals surface area (Å²) in [5.41, 5.74) is 14.3. The molecule has 0 saturated heterocycles. The minimum Gasteiger partial charge on any atom is -0.341 e. The first-order valence-electron chi connectivity index (χ1n) is 12.7. The normalized spacial score (nSPS) is 19.0. The average molecular weight is 474 g/mol. The number of hydrogen-bond donors (Lipinski definition) is 2. The summed E-state index contributed by atoms with van der Waals surface area (Å²) in [6.07, 6.45) is 10.8. The Kier molecular flexibility index (Phi) is 6.33. The molecule has 0 fully saturated rings. The molecule has 3 N–H and O–H groups in total. The Morgan fingerprint density at radius 3 is 2.61 bits per heavy atom. The Hall–Kier alpha value is -3.80. The highest BCUT2D eigenvalue weighted by Crippen LogP contribution is 2.30. The Morgan fingerprint density at radius 1 is 0.917 bits per heavy atom. The van der Waals surface area contributed by atoms with E-state index < -0.39 is 0 Å². The molecule has 1 aliphatic carbocycles. The predicted octanol–water partition coefficient (Wildman–Crippen LogP) is 5.79. The number of nitrogens with one attached hydrogen (secondary N) is 1. The molecule has 36 heavy (non-hydrogen) atoms. The molecule has 0 bridgehead atoms. The number of allylic oxidation sites excluding steroid dienone is 1. The number of aromatic amines is 1. The van der Waals surface area contributed by atoms with Gasteiger partial charge in [-0.25, -0.2) is 4.98 Å². The number of nitrogens with two attached hydrogens (primary N) is 1. The third kappa shape index (κ3) is 4.68. The topological polar surface area (TPSA) is 70.3 Å². The van der Waals surface area contributed by atoms with Crippen molar-refractivity contribution in [3.63, 3.8) is 0 Å². The molecule has 2 unspecified atom stereocenters. The van der Waals surface area contributed by atoms with Crippen molar-refractivity contribution in [2.45, 2.75) is 44.6 Å². The third-order valence-corrected chi connectivity index (χ3v) is 7.29. The van der Waals surface area contributed by atoms with Gasteiger partial charge in [-0.3, -0.25) is 9.89 Å². The van der Waals surface area contributed by atoms with Gasteiger partial charge in [0.25, 0.3) is 0 Å². The molecule has 0 amide bonds. The Labute approximate surface area is 212 Å². The van der Waals surface area contributed by atoms with Gasteiger partial charge in [0.15, 0.2) is 0 Å². The van der Waals surface area contributed by atoms with Crippen LogP contribution in [0.15, 0.2) is 102 Å². The number of nitrogens with zero attached hydrogens (tertiary/aromatic N) is 3. The zero-order valence-electron chi connectivity index (χ0n) is 20.3. The highest BCUT2D eigenvalue weighted by atomic mass is 15.2. The van der Waals surface area contributed by atoms with E-state index in [1.807, 2.05) is 30.5 Å². The van der Waals surface area contributed by atoms with Gasteiger partial charge >= 0.3 is 0 Å². The Balaban J connectivity index is 1.28. The van der Waals surface area contributed by atoms with Crippen LogP contribution in [-0.4, -0.2) is 33.2 Å². The fraction of sp³-hybridized carbons (Fsp3) is 0.226. The van der Waals surface area contributed by atoms with Crippen LogP contribution in [0.25, 0.3) is 22.2 Å². The van der Waals surface area contributed by atoms with E-state index in [2.05, 4.69) is 81.6 Å². The fourth-order valence-corrected chi connectivity index (χ4v) is 5.40. The van der Waals surface area contributed by atoms with Crippen molar-refractivity contribution in [3.05, 3.63) is 114 Å². The van der Waals surface area contributed by atoms with Crippen LogP contribution >= 0.6 is 0 Å². The molecule has 5 nitrogen and oxygen atoms in total. The number of benzene rings is 3. The number of hydrogen-bond acceptors (Lipinski definition) is 4. The summed E-state index contributed by atoms with van der Waals surface area (Å²) in [7, 11) is 0. The quantitative estimate of drug-likeness (QED) is 0.357. The van der Waals surface area contributed by atoms with Crippen molar-refractivity contribution in [2.75, 3.05) is 0 Å². The lowest BCUT2D eigenvalue weighted by atomic mass is 9.89. The average Bonchev–Trinajstić information content (AvgIpc) is 3.35. The van der Waals surface area contributed by atoms with E-state index in [4.69, 9.17) is 10.7 Å². The van der Waals surface area contributed by atoms with Crippen LogP contribution in [0.3, 0.4) is 0 Å². The highest BCUT2D eigenvalue weighted by Gasteiger charge is 2.27. The second-order valence-corrected chi connectivity index (χ2v) is 9.65. The largest absolute Gasteiger partial charge is 0.341 e. The first-order chi connectivity index (χ1) is 17.8. The monoisotopic (exact) mass is 473 g/mol. The van der Waals surface area contributed by atoms with E-state index in [9.17, 15) is 0 Å². The smallest absolute Gasteiger partial charge is 0.121 e. The van der Waals surface area contributed by atoms with E-state index in [0.717, 1.165) is 42.8 Å². The van der Waals surface area contributed by atoms with E-state index in [1.54, 1.807) is 0 Å². The SMILES string of the molecule is NCc1ccccc1-c1ccc(CN(Cc2nc3ccccc3[nH]2)C2C=C3C=CC=NC3CC2)cc1. The summed E-state index contributed by atoms with van der Waals surface area (Å²) in [5.74, 6) is 1.00. The number of aliphatic imine (C=N–C) groups is 1. The van der Waals surface area contributed by atoms with Crippen LogP contribution in [0, 0.1) is 0 Å². The lowest BCUT2D eigenvalue weighted by Crippen LogP contribution is -2.37. The second-order valence-electron chi connectivity index (χ2n) is 9.65. The van der Waals surface area contributed by atoms with Crippen molar-refractivity contribution in [1.29, 1.82) is 0 Å². The Bertz CT molecular complexity index is 1410. The highest BCUT2D eigenvalue weighted by molar-refractivity contribution is 5.75. The maximum Gasteiger partial charge on any atom is 0.121 e. The summed E-state index contributed by atoms with van der Waals surface area (Å²) in [6, 6.07) is 26.2. The van der Waals surface area contributed by atoms with E-state index in [-0.39, 0.29) is 0 Å². The number of H-pyrrole nitrogens is 1. The van der Waals surface area contributed by atoms with E-state index in [1.165, 1.54) is 27.8 Å². The van der Waals surface area contributed by atoms with Gasteiger partial charge in [0, 0.05) is 25.3 Å². The molecule has 4 aromatic rings. The van der Waals surface area contributed by atoms with E-state index in [0.29, 0.717) is 18.6 Å². The van der Waals surface area contributed by atoms with Crippen LogP contribution in [0.1, 0.15) is 29.8 Å². The summed E-state index contributed by atoms with van der Waals surface area (Å²) in [5, 5.41) is 0. The molecule has 5 heteroatoms. The molecular weight excluding hydrogens is 442 g/mol. The van der Waals surface area contributed by atoms with Gasteiger partial charge in [-0.1, -0.05) is 72.8 Å². The summed E-state index contributed by atoms with van der Waals surface area (Å²) in [6.45, 7) is 2.15. The van der Waals surface area contributed by atoms with Crippen molar-refractivity contribution in [2.24, 2.45) is 10.7 Å². The lowest BCUT2D eigenvalue weighted by Gasteiger charge is -2.34. The minimum absolute atomic E-state index is 0.307. The number of para-hydroxylation sites is 2. The summed E-state index contributed by atoms with van der Waals surface area (Å²) in [4.78, 5) is 15.6. The molecule has 180 valence electrons. The molecule has 6 rings (SSSR count). The molecule has 1 aromatic heterocycles. The van der Waals surface area contributed by atoms with Crippen LogP contribution in [0.4, 0.5) is 0 Å². The standard InChI is InChI=1S/C31H31N5/c32-19-25-6-1-2-8-27(25)23-13-11-22(12-14-23)20-36(21-31-34-29-9-3-4-10-30(29)35-31)26-15-16-28-24(18-26)7-5-17-33-28/h1-14,17-18,26,28H,15-16,19-21,32H2,(H,34,35). The van der Waals surface area contributed by atoms with Gasteiger partial charge in [-0.15, -0.1) is 0 Å². The molecule has 0 spiro atoms. The number of fused-ring (bicyclic) bond motifs is 2. The maximum absolute atomic E-state index is 5.98. The molecule has 0 radical (unpaired) electrons. The molecule has 2 atom stereocenters. The number of aromatic nitrogens is 2. The zero-order chi connectivity index (χ0) is 24.3. The summed E-state index contributed by atoms with van der Waals surface area (Å²) >= 11 is 0. The second kappa shape index (κ2) is 10.1. The number of rotatable bonds is 7. The first-order valence-corrected chi connectivity index (χ1v) is 12.7. The van der Waals surface area contributed by atoms with Crippen LogP contribution in [-0.2, 0) is 19.6 Å². The van der Waals surface area contributed by atoms with Crippen molar-refractivity contribution < 1.29 is 0 Å². The number of dihydropyridines is 1. The maximum atomic E-state index is 5.98. The molecule has 2 heterocycles.